The van der Waals surface area contributed by atoms with Crippen LogP contribution >= 0.6 is 0 Å². The number of nitrogens with zero attached hydrogens (tertiary/aromatic N) is 4. The largest absolute Gasteiger partial charge is 0.311 e. The van der Waals surface area contributed by atoms with Crippen LogP contribution in [0.5, 0.6) is 0 Å². The van der Waals surface area contributed by atoms with Crippen molar-refractivity contribution in [2.75, 3.05) is 9.80 Å². The van der Waals surface area contributed by atoms with Gasteiger partial charge in [0.15, 0.2) is 0 Å². The molecule has 0 bridgehead atoms. The Labute approximate surface area is 603 Å². The summed E-state index contributed by atoms with van der Waals surface area (Å²) >= 11 is 0. The van der Waals surface area contributed by atoms with Gasteiger partial charge in [0.1, 0.15) is 0 Å². The second kappa shape index (κ2) is 23.5. The van der Waals surface area contributed by atoms with E-state index in [0.29, 0.717) is 57.9 Å². The minimum atomic E-state index is -2.18. The zero-order valence-corrected chi connectivity index (χ0v) is 56.3. The molecule has 2 aromatic heterocycles. The highest BCUT2D eigenvalue weighted by Gasteiger charge is 2.45. The van der Waals surface area contributed by atoms with Gasteiger partial charge in [0.2, 0.25) is 0 Å². The molecule has 0 radical (unpaired) electrons. The molecular formula is C93H81BN4. The van der Waals surface area contributed by atoms with Crippen LogP contribution < -0.4 is 26.2 Å². The SMILES string of the molecule is [2H]c1c([2H])c([2H])c2c(c1[2H])c1c([2H])c([2H])c([2H])c([2H])c1n2-c1ccc2c(c1)N(c1cc(-c3ccccc3)c(CC(C)(C)C)cc1-c1ccccc1)c1cc(C([2H])([2H])C(C)(C)C)cc3c1B2c1ccc(-n2c4c([2H])c([2H])c([2H])c([2H])c4c4c([2H])c([2H])c([2H])c([2H])c42)cc1N3c1cc(-c2ccccc2)c(CC(C)(C)C)cc1-c1ccccc1. The van der Waals surface area contributed by atoms with Crippen LogP contribution in [0.25, 0.3) is 99.5 Å². The third-order valence-corrected chi connectivity index (χ3v) is 18.8. The van der Waals surface area contributed by atoms with Gasteiger partial charge >= 0.3 is 0 Å². The first kappa shape index (κ1) is 44.0. The van der Waals surface area contributed by atoms with Gasteiger partial charge in [0.05, 0.1) is 55.4 Å². The summed E-state index contributed by atoms with van der Waals surface area (Å²) in [5.41, 5.74) is 13.3. The molecule has 4 heterocycles. The molecule has 5 heteroatoms. The second-order valence-corrected chi connectivity index (χ2v) is 29.5. The summed E-state index contributed by atoms with van der Waals surface area (Å²) in [4.78, 5) is 4.36. The summed E-state index contributed by atoms with van der Waals surface area (Å²) in [6, 6.07) is 56.1. The van der Waals surface area contributed by atoms with Crippen molar-refractivity contribution in [3.05, 3.63) is 307 Å². The number of hydrogen-bond donors (Lipinski definition) is 0. The predicted molar refractivity (Wildman–Crippen MR) is 420 cm³/mol. The molecule has 4 nitrogen and oxygen atoms in total. The molecule has 0 N–H and O–H groups in total. The van der Waals surface area contributed by atoms with E-state index in [-0.39, 0.29) is 71.4 Å². The third-order valence-electron chi connectivity index (χ3n) is 18.8. The first-order chi connectivity index (χ1) is 54.9. The average molecular weight is 1280 g/mol. The zero-order valence-electron chi connectivity index (χ0n) is 74.3. The first-order valence-electron chi connectivity index (χ1n) is 42.5. The molecule has 0 saturated carbocycles. The highest BCUT2D eigenvalue weighted by molar-refractivity contribution is 7.00. The molecule has 2 aliphatic heterocycles. The van der Waals surface area contributed by atoms with Crippen LogP contribution in [0, 0.1) is 16.2 Å². The molecule has 2 aliphatic rings. The maximum Gasteiger partial charge on any atom is 0.252 e. The standard InChI is InChI=1S/C93H81BN4/c1-91(2,3)58-61-50-88-90-89(51-61)98(85-57-75(63-32-16-11-17-33-63)67(60-93(7,8)9)53-77(85)65-36-20-13-21-37-65)87-55-69(96-82-44-28-24-40-72(82)73-41-25-29-45-83(73)96)47-49-79(87)94(90)78-48-46-68(95-80-42-26-22-38-70(80)71-39-23-27-43-81(71)95)54-86(78)97(88)84-56-74(62-30-14-10-15-31-62)66(59-92(4,5)6)52-76(84)64-34-18-12-19-35-64/h10-57H,58-60H2,1-9H3/i22D,23D,24D,25D,26D,27D,28D,29D,38D,39D,40D,41D,42D,43D,44D,45D,58D2. The van der Waals surface area contributed by atoms with Gasteiger partial charge in [-0.3, -0.25) is 0 Å². The minimum absolute atomic E-state index is 0.0879. The monoisotopic (exact) mass is 1280 g/mol. The van der Waals surface area contributed by atoms with Crippen molar-refractivity contribution in [2.45, 2.75) is 81.5 Å². The molecular weight excluding hydrogens is 1180 g/mol. The molecule has 476 valence electrons. The molecule has 17 rings (SSSR count). The fourth-order valence-electron chi connectivity index (χ4n) is 15.2. The summed E-state index contributed by atoms with van der Waals surface area (Å²) < 4.78 is 176. The minimum Gasteiger partial charge on any atom is -0.311 e. The van der Waals surface area contributed by atoms with Crippen molar-refractivity contribution >= 4 is 101 Å². The first-order valence-corrected chi connectivity index (χ1v) is 33.5. The van der Waals surface area contributed by atoms with Crippen molar-refractivity contribution in [1.29, 1.82) is 0 Å². The molecule has 0 saturated heterocycles. The van der Waals surface area contributed by atoms with E-state index in [2.05, 4.69) is 124 Å². The van der Waals surface area contributed by atoms with Crippen molar-refractivity contribution in [2.24, 2.45) is 16.2 Å². The Balaban J connectivity index is 1.11. The van der Waals surface area contributed by atoms with E-state index in [1.54, 1.807) is 0 Å². The molecule has 98 heavy (non-hydrogen) atoms. The number of benzene rings is 13. The maximum absolute atomic E-state index is 10.8. The quantitative estimate of drug-likeness (QED) is 0.120. The number of hydrogen-bond acceptors (Lipinski definition) is 2. The van der Waals surface area contributed by atoms with Crippen LogP contribution in [0.4, 0.5) is 34.1 Å². The van der Waals surface area contributed by atoms with E-state index in [1.165, 1.54) is 9.13 Å². The summed E-state index contributed by atoms with van der Waals surface area (Å²) in [5.74, 6) is 0. The van der Waals surface area contributed by atoms with Gasteiger partial charge in [-0.2, -0.15) is 0 Å². The van der Waals surface area contributed by atoms with Crippen LogP contribution in [-0.4, -0.2) is 15.8 Å². The fraction of sp³-hybridized carbons (Fsp3) is 0.161. The Morgan fingerprint density at radius 2 is 0.653 bits per heavy atom. The number of para-hydroxylation sites is 4. The van der Waals surface area contributed by atoms with Crippen molar-refractivity contribution < 1.29 is 24.7 Å². The van der Waals surface area contributed by atoms with E-state index in [4.69, 9.17) is 5.48 Å². The Kier molecular flexibility index (Phi) is 10.5. The lowest BCUT2D eigenvalue weighted by Crippen LogP contribution is -2.61. The van der Waals surface area contributed by atoms with Gasteiger partial charge in [-0.15, -0.1) is 0 Å². The summed E-state index contributed by atoms with van der Waals surface area (Å²) in [6.07, 6.45) is -0.903. The highest BCUT2D eigenvalue weighted by atomic mass is 15.2. The number of fused-ring (bicyclic) bond motifs is 10. The lowest BCUT2D eigenvalue weighted by molar-refractivity contribution is 0.411. The van der Waals surface area contributed by atoms with Crippen molar-refractivity contribution in [3.8, 4) is 55.9 Å². The normalized spacial score (nSPS) is 15.7. The van der Waals surface area contributed by atoms with Gasteiger partial charge in [0, 0.05) is 69.5 Å². The fourth-order valence-corrected chi connectivity index (χ4v) is 15.2. The Morgan fingerprint density at radius 3 is 0.980 bits per heavy atom. The topological polar surface area (TPSA) is 16.3 Å². The Hall–Kier alpha value is -10.9. The van der Waals surface area contributed by atoms with Gasteiger partial charge in [0.25, 0.3) is 6.71 Å². The van der Waals surface area contributed by atoms with Crippen LogP contribution in [-0.2, 0) is 19.2 Å². The van der Waals surface area contributed by atoms with Gasteiger partial charge in [-0.1, -0.05) is 268 Å². The maximum atomic E-state index is 10.8. The van der Waals surface area contributed by atoms with Crippen LogP contribution in [0.3, 0.4) is 0 Å². The van der Waals surface area contributed by atoms with Gasteiger partial charge in [-0.25, -0.2) is 0 Å². The summed E-state index contributed by atoms with van der Waals surface area (Å²) in [7, 11) is 0. The van der Waals surface area contributed by atoms with Crippen LogP contribution in [0.1, 0.15) is 104 Å². The average Bonchev–Trinajstić information content (AvgIpc) is 1.35. The molecule has 0 unspecified atom stereocenters. The number of anilines is 6. The smallest absolute Gasteiger partial charge is 0.252 e. The van der Waals surface area contributed by atoms with Crippen molar-refractivity contribution in [3.63, 3.8) is 0 Å². The Bertz CT molecular complexity index is 6160. The van der Waals surface area contributed by atoms with Gasteiger partial charge in [-0.05, 0) is 187 Å². The molecule has 13 aromatic carbocycles. The lowest BCUT2D eigenvalue weighted by atomic mass is 9.33. The van der Waals surface area contributed by atoms with Crippen LogP contribution in [0.15, 0.2) is 291 Å². The van der Waals surface area contributed by atoms with E-state index in [9.17, 15) is 19.2 Å². The van der Waals surface area contributed by atoms with E-state index < -0.39 is 115 Å². The molecule has 0 atom stereocenters. The summed E-state index contributed by atoms with van der Waals surface area (Å²) in [5, 5.41) is -0.414. The van der Waals surface area contributed by atoms with Crippen LogP contribution in [0.2, 0.25) is 0 Å². The molecule has 0 spiro atoms. The second-order valence-electron chi connectivity index (χ2n) is 29.5. The van der Waals surface area contributed by atoms with E-state index in [0.717, 1.165) is 61.1 Å². The lowest BCUT2D eigenvalue weighted by Gasteiger charge is -2.46. The third kappa shape index (κ3) is 10.6. The molecule has 0 fully saturated rings. The Morgan fingerprint density at radius 1 is 0.327 bits per heavy atom. The highest BCUT2D eigenvalue weighted by Crippen LogP contribution is 2.53. The molecule has 15 aromatic rings. The molecule has 0 aliphatic carbocycles. The van der Waals surface area contributed by atoms with E-state index in [1.807, 2.05) is 142 Å². The van der Waals surface area contributed by atoms with Crippen molar-refractivity contribution in [1.82, 2.24) is 9.13 Å². The van der Waals surface area contributed by atoms with E-state index >= 15 is 0 Å². The van der Waals surface area contributed by atoms with Gasteiger partial charge < -0.3 is 18.9 Å². The number of rotatable bonds is 11. The number of aromatic nitrogens is 2. The molecule has 0 amide bonds. The predicted octanol–water partition coefficient (Wildman–Crippen LogP) is 23.4. The zero-order chi connectivity index (χ0) is 82.5. The summed E-state index contributed by atoms with van der Waals surface area (Å²) in [6.45, 7) is 18.0.